The molecule has 0 atom stereocenters. The van der Waals surface area contributed by atoms with E-state index >= 15 is 0 Å². The predicted molar refractivity (Wildman–Crippen MR) is 60.3 cm³/mol. The maximum Gasteiger partial charge on any atom is 0.433 e. The lowest BCUT2D eigenvalue weighted by Crippen LogP contribution is -2.14. The molecule has 2 aromatic heterocycles. The molecule has 0 unspecified atom stereocenters. The van der Waals surface area contributed by atoms with Crippen LogP contribution in [0.5, 0.6) is 0 Å². The molecule has 0 saturated heterocycles. The Balaban J connectivity index is 2.77. The van der Waals surface area contributed by atoms with E-state index in [9.17, 15) is 18.0 Å². The molecule has 0 spiro atoms. The Morgan fingerprint density at radius 1 is 1.42 bits per heavy atom. The van der Waals surface area contributed by atoms with Gasteiger partial charge in [-0.05, 0) is 12.1 Å². The fourth-order valence-corrected chi connectivity index (χ4v) is 1.74. The van der Waals surface area contributed by atoms with Gasteiger partial charge in [-0.2, -0.15) is 18.3 Å². The van der Waals surface area contributed by atoms with Gasteiger partial charge in [0.2, 0.25) is 0 Å². The Labute approximate surface area is 109 Å². The number of nitrogens with two attached hydrogens (primary N) is 1. The zero-order valence-corrected chi connectivity index (χ0v) is 9.88. The van der Waals surface area contributed by atoms with E-state index in [1.165, 1.54) is 18.3 Å². The van der Waals surface area contributed by atoms with Gasteiger partial charge in [0.25, 0.3) is 5.91 Å². The van der Waals surface area contributed by atoms with Crippen molar-refractivity contribution in [1.29, 1.82) is 0 Å². The van der Waals surface area contributed by atoms with Gasteiger partial charge in [0.1, 0.15) is 5.69 Å². The van der Waals surface area contributed by atoms with E-state index in [1.54, 1.807) is 5.10 Å². The highest BCUT2D eigenvalue weighted by molar-refractivity contribution is 6.33. The number of alkyl halides is 3. The molecule has 2 rings (SSSR count). The smallest absolute Gasteiger partial charge is 0.364 e. The molecule has 0 aliphatic rings. The van der Waals surface area contributed by atoms with Crippen LogP contribution in [0, 0.1) is 0 Å². The number of nitrogens with one attached hydrogen (secondary N) is 1. The van der Waals surface area contributed by atoms with Crippen molar-refractivity contribution < 1.29 is 18.0 Å². The molecule has 2 aromatic rings. The number of H-pyrrole nitrogens is 1. The van der Waals surface area contributed by atoms with Crippen LogP contribution in [0.15, 0.2) is 18.3 Å². The van der Waals surface area contributed by atoms with E-state index in [2.05, 4.69) is 10.1 Å². The van der Waals surface area contributed by atoms with Gasteiger partial charge < -0.3 is 5.73 Å². The number of aromatic nitrogens is 3. The third-order valence-electron chi connectivity index (χ3n) is 2.28. The fourth-order valence-electron chi connectivity index (χ4n) is 1.53. The number of amides is 1. The van der Waals surface area contributed by atoms with Gasteiger partial charge in [-0.3, -0.25) is 14.9 Å². The minimum absolute atomic E-state index is 0.0445. The topological polar surface area (TPSA) is 84.7 Å². The molecule has 0 aromatic carbocycles. The zero-order chi connectivity index (χ0) is 14.2. The number of halogens is 4. The summed E-state index contributed by atoms with van der Waals surface area (Å²) in [7, 11) is 0. The second-order valence-corrected chi connectivity index (χ2v) is 3.93. The molecule has 0 radical (unpaired) electrons. The molecular weight excluding hydrogens is 285 g/mol. The Bertz CT molecular complexity index is 638. The molecular formula is C10H6ClF3N4O. The number of pyridine rings is 1. The quantitative estimate of drug-likeness (QED) is 0.889. The highest BCUT2D eigenvalue weighted by atomic mass is 35.5. The van der Waals surface area contributed by atoms with Crippen LogP contribution in [0.4, 0.5) is 13.2 Å². The summed E-state index contributed by atoms with van der Waals surface area (Å²) in [4.78, 5) is 14.9. The van der Waals surface area contributed by atoms with Crippen LogP contribution < -0.4 is 5.73 Å². The summed E-state index contributed by atoms with van der Waals surface area (Å²) in [5.74, 6) is -1.11. The maximum atomic E-state index is 12.8. The van der Waals surface area contributed by atoms with Gasteiger partial charge in [0.05, 0.1) is 16.3 Å². The van der Waals surface area contributed by atoms with Gasteiger partial charge in [-0.1, -0.05) is 11.6 Å². The highest BCUT2D eigenvalue weighted by Gasteiger charge is 2.39. The third kappa shape index (κ3) is 2.39. The van der Waals surface area contributed by atoms with E-state index in [0.29, 0.717) is 0 Å². The van der Waals surface area contributed by atoms with Crippen molar-refractivity contribution in [2.24, 2.45) is 5.73 Å². The molecule has 2 heterocycles. The second-order valence-electron chi connectivity index (χ2n) is 3.52. The number of aromatic amines is 1. The van der Waals surface area contributed by atoms with Crippen molar-refractivity contribution >= 4 is 17.5 Å². The average Bonchev–Trinajstić information content (AvgIpc) is 2.73. The highest BCUT2D eigenvalue weighted by Crippen LogP contribution is 2.38. The molecule has 1 amide bonds. The Hall–Kier alpha value is -2.09. The molecule has 5 nitrogen and oxygen atoms in total. The number of hydrogen-bond acceptors (Lipinski definition) is 3. The molecule has 0 saturated carbocycles. The van der Waals surface area contributed by atoms with Gasteiger partial charge in [0.15, 0.2) is 5.69 Å². The fraction of sp³-hybridized carbons (Fsp3) is 0.100. The summed E-state index contributed by atoms with van der Waals surface area (Å²) >= 11 is 5.79. The van der Waals surface area contributed by atoms with Gasteiger partial charge in [-0.15, -0.1) is 0 Å². The number of nitrogens with zero attached hydrogens (tertiary/aromatic N) is 2. The molecule has 0 aliphatic carbocycles. The van der Waals surface area contributed by atoms with E-state index < -0.39 is 29.0 Å². The van der Waals surface area contributed by atoms with Crippen LogP contribution in [0.1, 0.15) is 16.2 Å². The summed E-state index contributed by atoms with van der Waals surface area (Å²) in [6.45, 7) is 0. The van der Waals surface area contributed by atoms with Gasteiger partial charge in [-0.25, -0.2) is 0 Å². The first-order valence-electron chi connectivity index (χ1n) is 4.88. The molecule has 0 aliphatic heterocycles. The third-order valence-corrected chi connectivity index (χ3v) is 2.58. The Morgan fingerprint density at radius 2 is 2.11 bits per heavy atom. The van der Waals surface area contributed by atoms with Crippen LogP contribution in [0.3, 0.4) is 0 Å². The first kappa shape index (κ1) is 13.3. The minimum atomic E-state index is -4.74. The largest absolute Gasteiger partial charge is 0.433 e. The molecule has 9 heteroatoms. The standard InChI is InChI=1S/C10H6ClF3N4O/c11-4-2-1-3-16-6(4)5-7(9(15)19)17-18-8(5)10(12,13)14/h1-3H,(H2,15,19)(H,17,18). The first-order chi connectivity index (χ1) is 8.82. The molecule has 3 N–H and O–H groups in total. The number of primary amides is 1. The predicted octanol–water partition coefficient (Wildman–Crippen LogP) is 2.24. The summed E-state index contributed by atoms with van der Waals surface area (Å²) in [5.41, 5.74) is 2.46. The zero-order valence-electron chi connectivity index (χ0n) is 9.12. The van der Waals surface area contributed by atoms with Crippen LogP contribution in [0.2, 0.25) is 5.02 Å². The summed E-state index contributed by atoms with van der Waals surface area (Å²) < 4.78 is 38.5. The first-order valence-corrected chi connectivity index (χ1v) is 5.26. The van der Waals surface area contributed by atoms with Crippen molar-refractivity contribution in [3.8, 4) is 11.3 Å². The minimum Gasteiger partial charge on any atom is -0.364 e. The summed E-state index contributed by atoms with van der Waals surface area (Å²) in [5, 5.41) is 4.98. The molecule has 0 fully saturated rings. The van der Waals surface area contributed by atoms with Crippen LogP contribution in [-0.2, 0) is 6.18 Å². The lowest BCUT2D eigenvalue weighted by molar-refractivity contribution is -0.140. The van der Waals surface area contributed by atoms with Gasteiger partial charge >= 0.3 is 6.18 Å². The summed E-state index contributed by atoms with van der Waals surface area (Å²) in [6.07, 6.45) is -3.49. The molecule has 100 valence electrons. The number of carbonyl (C=O) groups is 1. The maximum absolute atomic E-state index is 12.8. The molecule has 0 bridgehead atoms. The van der Waals surface area contributed by atoms with Crippen LogP contribution >= 0.6 is 11.6 Å². The van der Waals surface area contributed by atoms with Crippen molar-refractivity contribution in [2.75, 3.05) is 0 Å². The van der Waals surface area contributed by atoms with Crippen molar-refractivity contribution in [3.05, 3.63) is 34.7 Å². The lowest BCUT2D eigenvalue weighted by atomic mass is 10.1. The Morgan fingerprint density at radius 3 is 2.63 bits per heavy atom. The van der Waals surface area contributed by atoms with E-state index in [-0.39, 0.29) is 10.7 Å². The van der Waals surface area contributed by atoms with Crippen molar-refractivity contribution in [1.82, 2.24) is 15.2 Å². The van der Waals surface area contributed by atoms with Crippen LogP contribution in [0.25, 0.3) is 11.3 Å². The Kier molecular flexibility index (Phi) is 3.19. The van der Waals surface area contributed by atoms with E-state index in [1.807, 2.05) is 0 Å². The number of carbonyl (C=O) groups excluding carboxylic acids is 1. The second kappa shape index (κ2) is 4.54. The number of rotatable bonds is 2. The van der Waals surface area contributed by atoms with Crippen molar-refractivity contribution in [2.45, 2.75) is 6.18 Å². The summed E-state index contributed by atoms with van der Waals surface area (Å²) in [6, 6.07) is 2.80. The monoisotopic (exact) mass is 290 g/mol. The lowest BCUT2D eigenvalue weighted by Gasteiger charge is -2.08. The number of hydrogen-bond donors (Lipinski definition) is 2. The van der Waals surface area contributed by atoms with Crippen LogP contribution in [-0.4, -0.2) is 21.1 Å². The normalized spacial score (nSPS) is 11.6. The van der Waals surface area contributed by atoms with Crippen molar-refractivity contribution in [3.63, 3.8) is 0 Å². The average molecular weight is 291 g/mol. The van der Waals surface area contributed by atoms with E-state index in [4.69, 9.17) is 17.3 Å². The SMILES string of the molecule is NC(=O)c1n[nH]c(C(F)(F)F)c1-c1ncccc1Cl. The van der Waals surface area contributed by atoms with Gasteiger partial charge in [0, 0.05) is 6.20 Å². The molecule has 19 heavy (non-hydrogen) atoms. The van der Waals surface area contributed by atoms with E-state index in [0.717, 1.165) is 0 Å².